The molecule has 0 saturated carbocycles. The molecule has 1 fully saturated rings. The van der Waals surface area contributed by atoms with Gasteiger partial charge in [0.25, 0.3) is 0 Å². The molecule has 4 heteroatoms. The highest BCUT2D eigenvalue weighted by Gasteiger charge is 2.28. The monoisotopic (exact) mass is 253 g/mol. The highest BCUT2D eigenvalue weighted by atomic mass is 32.1. The van der Waals surface area contributed by atoms with Crippen LogP contribution in [0.15, 0.2) is 16.8 Å². The number of hydrogen-bond acceptors (Lipinski definition) is 4. The SMILES string of the molecule is CNC(Cc1ccsc1)C1CN(C)CCN1C. The van der Waals surface area contributed by atoms with E-state index in [0.717, 1.165) is 13.0 Å². The summed E-state index contributed by atoms with van der Waals surface area (Å²) < 4.78 is 0. The normalized spacial score (nSPS) is 25.0. The van der Waals surface area contributed by atoms with Crippen molar-refractivity contribution in [3.05, 3.63) is 22.4 Å². The first-order chi connectivity index (χ1) is 8.20. The average Bonchev–Trinajstić information content (AvgIpc) is 2.82. The molecule has 1 aliphatic rings. The molecule has 0 aliphatic carbocycles. The second-order valence-corrected chi connectivity index (χ2v) is 5.82. The van der Waals surface area contributed by atoms with Crippen LogP contribution in [0.4, 0.5) is 0 Å². The molecule has 96 valence electrons. The van der Waals surface area contributed by atoms with Crippen molar-refractivity contribution in [3.8, 4) is 0 Å². The lowest BCUT2D eigenvalue weighted by Gasteiger charge is -2.41. The smallest absolute Gasteiger partial charge is 0.0377 e. The van der Waals surface area contributed by atoms with E-state index in [1.54, 1.807) is 11.3 Å². The van der Waals surface area contributed by atoms with E-state index in [2.05, 4.69) is 53.1 Å². The largest absolute Gasteiger partial charge is 0.315 e. The number of likely N-dealkylation sites (N-methyl/N-ethyl adjacent to an activating group) is 3. The van der Waals surface area contributed by atoms with Crippen molar-refractivity contribution in [1.82, 2.24) is 15.1 Å². The molecule has 0 spiro atoms. The third-order valence-corrected chi connectivity index (χ3v) is 4.50. The molecule has 1 saturated heterocycles. The molecule has 1 aliphatic heterocycles. The lowest BCUT2D eigenvalue weighted by atomic mass is 9.98. The predicted octanol–water partition coefficient (Wildman–Crippen LogP) is 1.12. The van der Waals surface area contributed by atoms with Crippen LogP contribution in [0, 0.1) is 0 Å². The number of rotatable bonds is 4. The van der Waals surface area contributed by atoms with Crippen molar-refractivity contribution < 1.29 is 0 Å². The Balaban J connectivity index is 2.01. The van der Waals surface area contributed by atoms with Gasteiger partial charge in [0.2, 0.25) is 0 Å². The average molecular weight is 253 g/mol. The third kappa shape index (κ3) is 3.28. The fraction of sp³-hybridized carbons (Fsp3) is 0.692. The number of thiophene rings is 1. The second-order valence-electron chi connectivity index (χ2n) is 5.04. The molecule has 0 radical (unpaired) electrons. The van der Waals surface area contributed by atoms with Gasteiger partial charge in [0, 0.05) is 31.7 Å². The van der Waals surface area contributed by atoms with Gasteiger partial charge in [0.15, 0.2) is 0 Å². The van der Waals surface area contributed by atoms with E-state index in [-0.39, 0.29) is 0 Å². The van der Waals surface area contributed by atoms with E-state index in [1.807, 2.05) is 0 Å². The molecule has 2 rings (SSSR count). The van der Waals surface area contributed by atoms with Crippen molar-refractivity contribution in [3.63, 3.8) is 0 Å². The summed E-state index contributed by atoms with van der Waals surface area (Å²) in [6.07, 6.45) is 1.13. The van der Waals surface area contributed by atoms with E-state index in [9.17, 15) is 0 Å². The van der Waals surface area contributed by atoms with Crippen LogP contribution in [0.5, 0.6) is 0 Å². The van der Waals surface area contributed by atoms with Gasteiger partial charge in [-0.2, -0.15) is 11.3 Å². The first-order valence-electron chi connectivity index (χ1n) is 6.28. The Bertz CT molecular complexity index is 325. The highest BCUT2D eigenvalue weighted by molar-refractivity contribution is 7.07. The van der Waals surface area contributed by atoms with E-state index < -0.39 is 0 Å². The van der Waals surface area contributed by atoms with Crippen LogP contribution in [0.2, 0.25) is 0 Å². The van der Waals surface area contributed by atoms with Crippen LogP contribution in [0.1, 0.15) is 5.56 Å². The summed E-state index contributed by atoms with van der Waals surface area (Å²) in [5, 5.41) is 7.92. The van der Waals surface area contributed by atoms with Gasteiger partial charge < -0.3 is 10.2 Å². The van der Waals surface area contributed by atoms with Gasteiger partial charge in [-0.15, -0.1) is 0 Å². The molecule has 17 heavy (non-hydrogen) atoms. The molecule has 2 unspecified atom stereocenters. The van der Waals surface area contributed by atoms with E-state index in [0.29, 0.717) is 12.1 Å². The van der Waals surface area contributed by atoms with Crippen molar-refractivity contribution in [1.29, 1.82) is 0 Å². The van der Waals surface area contributed by atoms with Gasteiger partial charge in [-0.3, -0.25) is 4.90 Å². The molecule has 0 amide bonds. The Morgan fingerprint density at radius 2 is 2.29 bits per heavy atom. The molecule has 3 nitrogen and oxygen atoms in total. The Kier molecular flexibility index (Phi) is 4.56. The Morgan fingerprint density at radius 3 is 2.94 bits per heavy atom. The summed E-state index contributed by atoms with van der Waals surface area (Å²) in [7, 11) is 6.55. The Hall–Kier alpha value is -0.420. The first-order valence-corrected chi connectivity index (χ1v) is 7.22. The Labute approximate surface area is 108 Å². The zero-order valence-electron chi connectivity index (χ0n) is 11.0. The fourth-order valence-electron chi connectivity index (χ4n) is 2.57. The number of nitrogens with zero attached hydrogens (tertiary/aromatic N) is 2. The first kappa shape index (κ1) is 13.0. The van der Waals surface area contributed by atoms with Gasteiger partial charge in [-0.1, -0.05) is 0 Å². The molecule has 1 aromatic heterocycles. The van der Waals surface area contributed by atoms with Gasteiger partial charge >= 0.3 is 0 Å². The van der Waals surface area contributed by atoms with Crippen LogP contribution >= 0.6 is 11.3 Å². The number of nitrogens with one attached hydrogen (secondary N) is 1. The van der Waals surface area contributed by atoms with Gasteiger partial charge in [0.05, 0.1) is 0 Å². The molecule has 0 aromatic carbocycles. The van der Waals surface area contributed by atoms with Crippen LogP contribution in [0.3, 0.4) is 0 Å². The van der Waals surface area contributed by atoms with E-state index in [1.165, 1.54) is 18.7 Å². The topological polar surface area (TPSA) is 18.5 Å². The maximum Gasteiger partial charge on any atom is 0.0377 e. The lowest BCUT2D eigenvalue weighted by molar-refractivity contribution is 0.0897. The van der Waals surface area contributed by atoms with Crippen molar-refractivity contribution in [2.75, 3.05) is 40.8 Å². The van der Waals surface area contributed by atoms with Gasteiger partial charge in [-0.25, -0.2) is 0 Å². The third-order valence-electron chi connectivity index (χ3n) is 3.77. The van der Waals surface area contributed by atoms with Gasteiger partial charge in [-0.05, 0) is 50.0 Å². The number of hydrogen-bond donors (Lipinski definition) is 1. The molecule has 2 atom stereocenters. The second kappa shape index (κ2) is 5.96. The summed E-state index contributed by atoms with van der Waals surface area (Å²) >= 11 is 1.79. The molecule has 1 N–H and O–H groups in total. The quantitative estimate of drug-likeness (QED) is 0.868. The lowest BCUT2D eigenvalue weighted by Crippen LogP contribution is -2.58. The van der Waals surface area contributed by atoms with Crippen LogP contribution in [-0.4, -0.2) is 62.7 Å². The number of piperazine rings is 1. The standard InChI is InChI=1S/C13H23N3S/c1-14-12(8-11-4-7-17-10-11)13-9-15(2)5-6-16(13)3/h4,7,10,12-14H,5-6,8-9H2,1-3H3. The van der Waals surface area contributed by atoms with Crippen molar-refractivity contribution >= 4 is 11.3 Å². The maximum atomic E-state index is 3.50. The summed E-state index contributed by atoms with van der Waals surface area (Å²) in [5.74, 6) is 0. The predicted molar refractivity (Wildman–Crippen MR) is 74.8 cm³/mol. The van der Waals surface area contributed by atoms with Crippen LogP contribution in [-0.2, 0) is 6.42 Å². The van der Waals surface area contributed by atoms with Gasteiger partial charge in [0.1, 0.15) is 0 Å². The molecule has 0 bridgehead atoms. The van der Waals surface area contributed by atoms with E-state index in [4.69, 9.17) is 0 Å². The van der Waals surface area contributed by atoms with Crippen LogP contribution in [0.25, 0.3) is 0 Å². The molecule has 2 heterocycles. The highest BCUT2D eigenvalue weighted by Crippen LogP contribution is 2.15. The molecular weight excluding hydrogens is 230 g/mol. The molecule has 1 aromatic rings. The summed E-state index contributed by atoms with van der Waals surface area (Å²) in [6.45, 7) is 3.51. The zero-order valence-corrected chi connectivity index (χ0v) is 11.8. The van der Waals surface area contributed by atoms with Crippen molar-refractivity contribution in [2.45, 2.75) is 18.5 Å². The summed E-state index contributed by atoms with van der Waals surface area (Å²) in [4.78, 5) is 4.93. The summed E-state index contributed by atoms with van der Waals surface area (Å²) in [5.41, 5.74) is 1.45. The minimum absolute atomic E-state index is 0.539. The van der Waals surface area contributed by atoms with E-state index >= 15 is 0 Å². The summed E-state index contributed by atoms with van der Waals surface area (Å²) in [6, 6.07) is 3.39. The zero-order chi connectivity index (χ0) is 12.3. The Morgan fingerprint density at radius 1 is 1.47 bits per heavy atom. The minimum atomic E-state index is 0.539. The maximum absolute atomic E-state index is 3.50. The fourth-order valence-corrected chi connectivity index (χ4v) is 3.25. The van der Waals surface area contributed by atoms with Crippen molar-refractivity contribution in [2.24, 2.45) is 0 Å². The molecular formula is C13H23N3S. The minimum Gasteiger partial charge on any atom is -0.315 e. The van der Waals surface area contributed by atoms with Crippen LogP contribution < -0.4 is 5.32 Å².